The second-order valence-electron chi connectivity index (χ2n) is 1.46. The maximum absolute atomic E-state index is 9.57. The summed E-state index contributed by atoms with van der Waals surface area (Å²) >= 11 is 0. The third kappa shape index (κ3) is 3.22. The Kier molecular flexibility index (Phi) is 3.28. The second kappa shape index (κ2) is 3.59. The molecule has 42 valence electrons. The van der Waals surface area contributed by atoms with Crippen molar-refractivity contribution in [2.75, 3.05) is 13.6 Å². The highest BCUT2D eigenvalue weighted by Gasteiger charge is 1.86. The van der Waals surface area contributed by atoms with E-state index in [9.17, 15) is 4.91 Å². The van der Waals surface area contributed by atoms with Gasteiger partial charge in [0.25, 0.3) is 0 Å². The van der Waals surface area contributed by atoms with Crippen LogP contribution in [0, 0.1) is 4.91 Å². The lowest BCUT2D eigenvalue weighted by molar-refractivity contribution is 0.350. The zero-order valence-corrected chi connectivity index (χ0v) is 4.72. The van der Waals surface area contributed by atoms with Crippen LogP contribution in [0.2, 0.25) is 0 Å². The molecule has 0 atom stereocenters. The highest BCUT2D eigenvalue weighted by Crippen LogP contribution is 1.82. The lowest BCUT2D eigenvalue weighted by Gasteiger charge is -2.02. The van der Waals surface area contributed by atoms with E-state index in [0.717, 1.165) is 13.0 Å². The van der Waals surface area contributed by atoms with Crippen molar-refractivity contribution in [3.8, 4) is 0 Å². The molecule has 0 bridgehead atoms. The largest absolute Gasteiger partial charge is 0.264 e. The van der Waals surface area contributed by atoms with Crippen molar-refractivity contribution in [3.63, 3.8) is 0 Å². The number of hydrogen-bond donors (Lipinski definition) is 0. The normalized spacial score (nSPS) is 8.29. The summed E-state index contributed by atoms with van der Waals surface area (Å²) in [7, 11) is 1.66. The van der Waals surface area contributed by atoms with Gasteiger partial charge in [-0.3, -0.25) is 5.01 Å². The minimum absolute atomic E-state index is 0.753. The van der Waals surface area contributed by atoms with Crippen LogP contribution >= 0.6 is 0 Å². The molecule has 0 N–H and O–H groups in total. The van der Waals surface area contributed by atoms with E-state index < -0.39 is 0 Å². The van der Waals surface area contributed by atoms with Gasteiger partial charge in [-0.05, 0) is 6.42 Å². The van der Waals surface area contributed by atoms with E-state index >= 15 is 0 Å². The summed E-state index contributed by atoms with van der Waals surface area (Å²) in [5.41, 5.74) is 0. The SMILES string of the molecule is CCCN(C)N=O. The van der Waals surface area contributed by atoms with Crippen LogP contribution in [-0.4, -0.2) is 18.6 Å². The van der Waals surface area contributed by atoms with Gasteiger partial charge in [-0.15, -0.1) is 4.91 Å². The van der Waals surface area contributed by atoms with Crippen LogP contribution in [0.1, 0.15) is 13.3 Å². The predicted octanol–water partition coefficient (Wildman–Crippen LogP) is 1.01. The van der Waals surface area contributed by atoms with Crippen molar-refractivity contribution >= 4 is 0 Å². The maximum Gasteiger partial charge on any atom is 0.0521 e. The van der Waals surface area contributed by atoms with Gasteiger partial charge in [0.05, 0.1) is 5.29 Å². The van der Waals surface area contributed by atoms with Crippen molar-refractivity contribution in [1.82, 2.24) is 5.01 Å². The molecular formula is C4H10N2O. The molecular weight excluding hydrogens is 92.1 g/mol. The maximum atomic E-state index is 9.57. The topological polar surface area (TPSA) is 32.7 Å². The Morgan fingerprint density at radius 2 is 2.29 bits per heavy atom. The molecule has 0 aromatic heterocycles. The van der Waals surface area contributed by atoms with Gasteiger partial charge in [-0.25, -0.2) is 0 Å². The lowest BCUT2D eigenvalue weighted by atomic mass is 10.5. The molecule has 0 aromatic rings. The molecule has 0 saturated carbocycles. The molecule has 0 amide bonds. The van der Waals surface area contributed by atoms with E-state index in [0.29, 0.717) is 0 Å². The van der Waals surface area contributed by atoms with Gasteiger partial charge in [0.2, 0.25) is 0 Å². The van der Waals surface area contributed by atoms with Crippen LogP contribution < -0.4 is 0 Å². The number of rotatable bonds is 3. The Morgan fingerprint density at radius 3 is 2.43 bits per heavy atom. The summed E-state index contributed by atoms with van der Waals surface area (Å²) < 4.78 is 0. The second-order valence-corrected chi connectivity index (χ2v) is 1.46. The van der Waals surface area contributed by atoms with E-state index in [1.165, 1.54) is 5.01 Å². The fourth-order valence-electron chi connectivity index (χ4n) is 0.364. The lowest BCUT2D eigenvalue weighted by Crippen LogP contribution is -2.09. The van der Waals surface area contributed by atoms with Gasteiger partial charge in [-0.1, -0.05) is 6.92 Å². The van der Waals surface area contributed by atoms with Crippen LogP contribution in [0.4, 0.5) is 0 Å². The Labute approximate surface area is 43.3 Å². The fraction of sp³-hybridized carbons (Fsp3) is 1.00. The van der Waals surface area contributed by atoms with Crippen molar-refractivity contribution in [2.45, 2.75) is 13.3 Å². The van der Waals surface area contributed by atoms with Crippen molar-refractivity contribution in [3.05, 3.63) is 4.91 Å². The summed E-state index contributed by atoms with van der Waals surface area (Å²) in [5, 5.41) is 4.04. The Balaban J connectivity index is 2.98. The van der Waals surface area contributed by atoms with E-state index in [2.05, 4.69) is 5.29 Å². The first-order chi connectivity index (χ1) is 3.31. The minimum atomic E-state index is 0.753. The third-order valence-corrected chi connectivity index (χ3v) is 0.687. The predicted molar refractivity (Wildman–Crippen MR) is 28.7 cm³/mol. The molecule has 0 saturated heterocycles. The van der Waals surface area contributed by atoms with E-state index in [-0.39, 0.29) is 0 Å². The molecule has 0 rings (SSSR count). The van der Waals surface area contributed by atoms with Gasteiger partial charge in [0.1, 0.15) is 0 Å². The highest BCUT2D eigenvalue weighted by atomic mass is 16.3. The molecule has 0 unspecified atom stereocenters. The summed E-state index contributed by atoms with van der Waals surface area (Å²) in [4.78, 5) is 9.57. The molecule has 0 aromatic carbocycles. The summed E-state index contributed by atoms with van der Waals surface area (Å²) in [6, 6.07) is 0. The Morgan fingerprint density at radius 1 is 1.71 bits per heavy atom. The first-order valence-electron chi connectivity index (χ1n) is 2.35. The zero-order valence-electron chi connectivity index (χ0n) is 4.72. The first kappa shape index (κ1) is 6.40. The average molecular weight is 102 g/mol. The third-order valence-electron chi connectivity index (χ3n) is 0.687. The van der Waals surface area contributed by atoms with Gasteiger partial charge in [-0.2, -0.15) is 0 Å². The summed E-state index contributed by atoms with van der Waals surface area (Å²) in [6.45, 7) is 2.76. The van der Waals surface area contributed by atoms with Crippen LogP contribution in [0.25, 0.3) is 0 Å². The number of nitrogens with zero attached hydrogens (tertiary/aromatic N) is 2. The summed E-state index contributed by atoms with van der Waals surface area (Å²) in [5.74, 6) is 0. The van der Waals surface area contributed by atoms with E-state index in [1.54, 1.807) is 7.05 Å². The summed E-state index contributed by atoms with van der Waals surface area (Å²) in [6.07, 6.45) is 0.974. The minimum Gasteiger partial charge on any atom is -0.264 e. The van der Waals surface area contributed by atoms with Crippen LogP contribution in [0.3, 0.4) is 0 Å². The average Bonchev–Trinajstić information content (AvgIpc) is 1.68. The smallest absolute Gasteiger partial charge is 0.0521 e. The number of hydrogen-bond acceptors (Lipinski definition) is 2. The van der Waals surface area contributed by atoms with Crippen molar-refractivity contribution in [1.29, 1.82) is 0 Å². The highest BCUT2D eigenvalue weighted by molar-refractivity contribution is 4.36. The Bertz CT molecular complexity index is 55.7. The zero-order chi connectivity index (χ0) is 5.70. The molecule has 7 heavy (non-hydrogen) atoms. The quantitative estimate of drug-likeness (QED) is 0.393. The standard InChI is InChI=1S/C4H10N2O/c1-3-4-6(2)5-7/h3-4H2,1-2H3. The fourth-order valence-corrected chi connectivity index (χ4v) is 0.364. The molecule has 0 spiro atoms. The number of nitroso groups, excluding NO2 is 1. The van der Waals surface area contributed by atoms with E-state index in [4.69, 9.17) is 0 Å². The monoisotopic (exact) mass is 102 g/mol. The molecule has 0 aliphatic carbocycles. The van der Waals surface area contributed by atoms with Crippen molar-refractivity contribution in [2.24, 2.45) is 5.29 Å². The van der Waals surface area contributed by atoms with Crippen LogP contribution in [0.5, 0.6) is 0 Å². The van der Waals surface area contributed by atoms with Gasteiger partial charge >= 0.3 is 0 Å². The molecule has 0 heterocycles. The Hall–Kier alpha value is -0.600. The van der Waals surface area contributed by atoms with Gasteiger partial charge in [0, 0.05) is 13.6 Å². The van der Waals surface area contributed by atoms with Crippen LogP contribution in [-0.2, 0) is 0 Å². The van der Waals surface area contributed by atoms with Crippen LogP contribution in [0.15, 0.2) is 5.29 Å². The van der Waals surface area contributed by atoms with Gasteiger partial charge in [0.15, 0.2) is 0 Å². The van der Waals surface area contributed by atoms with E-state index in [1.807, 2.05) is 6.92 Å². The van der Waals surface area contributed by atoms with Crippen molar-refractivity contribution < 1.29 is 0 Å². The first-order valence-corrected chi connectivity index (χ1v) is 2.35. The molecule has 3 heteroatoms. The molecule has 0 aliphatic rings. The molecule has 3 nitrogen and oxygen atoms in total. The molecule has 0 fully saturated rings. The van der Waals surface area contributed by atoms with Gasteiger partial charge < -0.3 is 0 Å². The molecule has 0 radical (unpaired) electrons. The molecule has 0 aliphatic heterocycles.